The highest BCUT2D eigenvalue weighted by Crippen LogP contribution is 2.40. The number of nitrogens with one attached hydrogen (secondary N) is 2. The third kappa shape index (κ3) is 5.99. The summed E-state index contributed by atoms with van der Waals surface area (Å²) in [5, 5.41) is 7.13. The van der Waals surface area contributed by atoms with Crippen LogP contribution in [0.3, 0.4) is 0 Å². The van der Waals surface area contributed by atoms with Crippen molar-refractivity contribution in [2.75, 3.05) is 53.2 Å². The topological polar surface area (TPSA) is 67.4 Å². The van der Waals surface area contributed by atoms with Crippen LogP contribution in [0.4, 0.5) is 0 Å². The Labute approximate surface area is 209 Å². The van der Waals surface area contributed by atoms with Crippen molar-refractivity contribution in [2.45, 2.75) is 56.9 Å². The summed E-state index contributed by atoms with van der Waals surface area (Å²) in [6, 6.07) is 7.09. The van der Waals surface area contributed by atoms with Crippen LogP contribution in [0, 0.1) is 0 Å². The summed E-state index contributed by atoms with van der Waals surface area (Å²) >= 11 is 0. The summed E-state index contributed by atoms with van der Waals surface area (Å²) in [6.45, 7) is 8.18. The van der Waals surface area contributed by atoms with Crippen molar-refractivity contribution in [1.82, 2.24) is 15.5 Å². The van der Waals surface area contributed by atoms with Gasteiger partial charge in [-0.2, -0.15) is 0 Å². The first-order valence-corrected chi connectivity index (χ1v) is 11.9. The Morgan fingerprint density at radius 3 is 2.75 bits per heavy atom. The number of guanidine groups is 1. The summed E-state index contributed by atoms with van der Waals surface area (Å²) in [4.78, 5) is 7.11. The van der Waals surface area contributed by atoms with E-state index < -0.39 is 0 Å². The molecule has 0 saturated carbocycles. The van der Waals surface area contributed by atoms with Crippen LogP contribution in [0.1, 0.15) is 51.0 Å². The average molecular weight is 559 g/mol. The molecule has 0 bridgehead atoms. The van der Waals surface area contributed by atoms with Gasteiger partial charge in [0.2, 0.25) is 6.79 Å². The number of piperidine rings is 1. The fourth-order valence-corrected chi connectivity index (χ4v) is 5.16. The summed E-state index contributed by atoms with van der Waals surface area (Å²) in [7, 11) is 1.85. The van der Waals surface area contributed by atoms with Crippen molar-refractivity contribution in [2.24, 2.45) is 4.99 Å². The van der Waals surface area contributed by atoms with Crippen LogP contribution in [0.15, 0.2) is 23.2 Å². The van der Waals surface area contributed by atoms with Crippen molar-refractivity contribution in [1.29, 1.82) is 0 Å². The molecule has 0 aliphatic carbocycles. The van der Waals surface area contributed by atoms with Gasteiger partial charge in [0, 0.05) is 51.4 Å². The van der Waals surface area contributed by atoms with Gasteiger partial charge >= 0.3 is 0 Å². The lowest BCUT2D eigenvalue weighted by Crippen LogP contribution is -2.50. The number of hydrogen-bond donors (Lipinski definition) is 2. The van der Waals surface area contributed by atoms with Gasteiger partial charge in [-0.15, -0.1) is 24.0 Å². The van der Waals surface area contributed by atoms with Crippen molar-refractivity contribution >= 4 is 29.9 Å². The van der Waals surface area contributed by atoms with Crippen molar-refractivity contribution in [3.8, 4) is 11.5 Å². The number of fused-ring (bicyclic) bond motifs is 1. The van der Waals surface area contributed by atoms with Gasteiger partial charge in [-0.3, -0.25) is 9.89 Å². The zero-order valence-electron chi connectivity index (χ0n) is 19.5. The smallest absolute Gasteiger partial charge is 0.231 e. The molecule has 1 aromatic rings. The minimum Gasteiger partial charge on any atom is -0.454 e. The number of nitrogens with zero attached hydrogens (tertiary/aromatic N) is 2. The van der Waals surface area contributed by atoms with Gasteiger partial charge in [0.1, 0.15) is 0 Å². The van der Waals surface area contributed by atoms with Crippen LogP contribution in [-0.2, 0) is 10.2 Å². The highest BCUT2D eigenvalue weighted by atomic mass is 127. The Bertz CT molecular complexity index is 755. The maximum atomic E-state index is 5.69. The molecule has 0 radical (unpaired) electrons. The van der Waals surface area contributed by atoms with Crippen molar-refractivity contribution in [3.63, 3.8) is 0 Å². The van der Waals surface area contributed by atoms with E-state index in [2.05, 4.69) is 39.6 Å². The van der Waals surface area contributed by atoms with Crippen LogP contribution in [0.25, 0.3) is 0 Å². The van der Waals surface area contributed by atoms with Gasteiger partial charge in [-0.05, 0) is 56.3 Å². The number of halogens is 1. The van der Waals surface area contributed by atoms with E-state index in [9.17, 15) is 0 Å². The van der Waals surface area contributed by atoms with Gasteiger partial charge in [0.15, 0.2) is 17.5 Å². The van der Waals surface area contributed by atoms with Crippen LogP contribution < -0.4 is 20.1 Å². The normalized spacial score (nSPS) is 22.8. The molecule has 32 heavy (non-hydrogen) atoms. The highest BCUT2D eigenvalue weighted by molar-refractivity contribution is 14.0. The van der Waals surface area contributed by atoms with Crippen LogP contribution in [0.2, 0.25) is 0 Å². The van der Waals surface area contributed by atoms with Gasteiger partial charge in [-0.25, -0.2) is 0 Å². The first-order valence-electron chi connectivity index (χ1n) is 11.9. The summed E-state index contributed by atoms with van der Waals surface area (Å²) in [6.07, 6.45) is 7.22. The molecule has 1 unspecified atom stereocenters. The lowest BCUT2D eigenvalue weighted by molar-refractivity contribution is 0.0513. The predicted molar refractivity (Wildman–Crippen MR) is 139 cm³/mol. The van der Waals surface area contributed by atoms with E-state index in [1.165, 1.54) is 37.8 Å². The summed E-state index contributed by atoms with van der Waals surface area (Å²) in [5.41, 5.74) is 1.28. The third-order valence-electron chi connectivity index (χ3n) is 7.16. The van der Waals surface area contributed by atoms with E-state index in [1.807, 2.05) is 13.1 Å². The standard InChI is InChI=1S/C24H38N4O3.HI/c1-3-20-6-4-5-12-28(20)13-11-26-23(25-2)27-17-24(9-14-29-15-10-24)19-7-8-21-22(16-19)31-18-30-21;/h7-8,16,20H,3-6,9-15,17-18H2,1-2H3,(H2,25,26,27);1H. The molecular weight excluding hydrogens is 519 g/mol. The number of likely N-dealkylation sites (tertiary alicyclic amines) is 1. The van der Waals surface area contributed by atoms with E-state index in [1.54, 1.807) is 0 Å². The molecule has 3 aliphatic heterocycles. The van der Waals surface area contributed by atoms with Crippen molar-refractivity contribution in [3.05, 3.63) is 23.8 Å². The second-order valence-electron chi connectivity index (χ2n) is 8.91. The van der Waals surface area contributed by atoms with Gasteiger partial charge in [-0.1, -0.05) is 19.4 Å². The van der Waals surface area contributed by atoms with Gasteiger partial charge in [0.25, 0.3) is 0 Å². The Morgan fingerprint density at radius 1 is 1.16 bits per heavy atom. The van der Waals surface area contributed by atoms with Crippen LogP contribution >= 0.6 is 24.0 Å². The predicted octanol–water partition coefficient (Wildman–Crippen LogP) is 3.51. The third-order valence-corrected chi connectivity index (χ3v) is 7.16. The molecule has 0 amide bonds. The van der Waals surface area contributed by atoms with Crippen LogP contribution in [0.5, 0.6) is 11.5 Å². The number of rotatable bonds is 7. The zero-order chi connectivity index (χ0) is 21.5. The molecule has 180 valence electrons. The molecular formula is C24H39IN4O3. The molecule has 0 aromatic heterocycles. The summed E-state index contributed by atoms with van der Waals surface area (Å²) < 4.78 is 16.8. The fourth-order valence-electron chi connectivity index (χ4n) is 5.16. The molecule has 1 aromatic carbocycles. The molecule has 3 heterocycles. The first kappa shape index (κ1) is 25.4. The maximum Gasteiger partial charge on any atom is 0.231 e. The Balaban J connectivity index is 0.00000289. The molecule has 8 heteroatoms. The van der Waals surface area contributed by atoms with Gasteiger partial charge < -0.3 is 24.8 Å². The minimum absolute atomic E-state index is 0. The fraction of sp³-hybridized carbons (Fsp3) is 0.708. The van der Waals surface area contributed by atoms with E-state index in [4.69, 9.17) is 14.2 Å². The van der Waals surface area contributed by atoms with Gasteiger partial charge in [0.05, 0.1) is 0 Å². The number of aliphatic imine (C=N–C) groups is 1. The lowest BCUT2D eigenvalue weighted by atomic mass is 9.74. The minimum atomic E-state index is -0.00295. The zero-order valence-corrected chi connectivity index (χ0v) is 21.9. The second-order valence-corrected chi connectivity index (χ2v) is 8.91. The Morgan fingerprint density at radius 2 is 1.97 bits per heavy atom. The Hall–Kier alpha value is -1.26. The highest BCUT2D eigenvalue weighted by Gasteiger charge is 2.36. The van der Waals surface area contributed by atoms with Crippen LogP contribution in [-0.4, -0.2) is 70.1 Å². The molecule has 1 atom stereocenters. The van der Waals surface area contributed by atoms with E-state index in [0.29, 0.717) is 6.79 Å². The number of ether oxygens (including phenoxy) is 3. The number of benzene rings is 1. The molecule has 3 aliphatic rings. The first-order chi connectivity index (χ1) is 15.2. The lowest BCUT2D eigenvalue weighted by Gasteiger charge is -2.38. The molecule has 0 spiro atoms. The molecule has 4 rings (SSSR count). The van der Waals surface area contributed by atoms with E-state index in [-0.39, 0.29) is 29.4 Å². The quantitative estimate of drug-likeness (QED) is 0.304. The second kappa shape index (κ2) is 12.3. The number of hydrogen-bond acceptors (Lipinski definition) is 5. The van der Waals surface area contributed by atoms with E-state index in [0.717, 1.165) is 69.2 Å². The van der Waals surface area contributed by atoms with E-state index >= 15 is 0 Å². The molecule has 2 fully saturated rings. The Kier molecular flexibility index (Phi) is 9.73. The maximum absolute atomic E-state index is 5.69. The molecule has 2 N–H and O–H groups in total. The molecule has 2 saturated heterocycles. The summed E-state index contributed by atoms with van der Waals surface area (Å²) in [5.74, 6) is 2.55. The van der Waals surface area contributed by atoms with Crippen molar-refractivity contribution < 1.29 is 14.2 Å². The molecule has 7 nitrogen and oxygen atoms in total. The average Bonchev–Trinajstić information content (AvgIpc) is 3.30. The monoisotopic (exact) mass is 558 g/mol. The SMILES string of the molecule is CCC1CCCCN1CCNC(=NC)NCC1(c2ccc3c(c2)OCO3)CCOCC1.I. The largest absolute Gasteiger partial charge is 0.454 e.